The molecule has 0 radical (unpaired) electrons. The molecule has 4 nitrogen and oxygen atoms in total. The smallest absolute Gasteiger partial charge is 0.312 e. The molecule has 0 N–H and O–H groups in total. The van der Waals surface area contributed by atoms with Crippen molar-refractivity contribution in [2.45, 2.75) is 31.8 Å². The van der Waals surface area contributed by atoms with Crippen LogP contribution in [0.25, 0.3) is 0 Å². The van der Waals surface area contributed by atoms with Crippen molar-refractivity contribution in [3.8, 4) is 0 Å². The minimum absolute atomic E-state index is 0.101. The number of hydrogen-bond acceptors (Lipinski definition) is 2. The lowest BCUT2D eigenvalue weighted by Gasteiger charge is -2.40. The van der Waals surface area contributed by atoms with Crippen LogP contribution in [0.5, 0.6) is 0 Å². The Kier molecular flexibility index (Phi) is 4.97. The Morgan fingerprint density at radius 1 is 1.36 bits per heavy atom. The molecular weight excluding hydrogens is 330 g/mol. The number of benzene rings is 1. The highest BCUT2D eigenvalue weighted by Crippen LogP contribution is 2.32. The fourth-order valence-corrected chi connectivity index (χ4v) is 3.25. The molecule has 1 fully saturated rings. The number of hydrogen-bond donors (Lipinski definition) is 0. The Hall–Kier alpha value is -1.33. The van der Waals surface area contributed by atoms with Crippen LogP contribution in [0.2, 0.25) is 5.02 Å². The highest BCUT2D eigenvalue weighted by atomic mass is 35.5. The lowest BCUT2D eigenvalue weighted by Crippen LogP contribution is -2.57. The van der Waals surface area contributed by atoms with E-state index < -0.39 is 23.7 Å². The molecule has 2 amide bonds. The second kappa shape index (κ2) is 6.42. The van der Waals surface area contributed by atoms with Crippen molar-refractivity contribution < 1.29 is 14.0 Å². The highest BCUT2D eigenvalue weighted by Gasteiger charge is 2.38. The molecule has 7 heteroatoms. The minimum atomic E-state index is -0.603. The van der Waals surface area contributed by atoms with Gasteiger partial charge in [0, 0.05) is 30.5 Å². The maximum atomic E-state index is 13.7. The molecule has 1 saturated heterocycles. The van der Waals surface area contributed by atoms with Gasteiger partial charge in [-0.2, -0.15) is 0 Å². The van der Waals surface area contributed by atoms with Gasteiger partial charge in [0.1, 0.15) is 5.82 Å². The van der Waals surface area contributed by atoms with Gasteiger partial charge >= 0.3 is 11.8 Å². The average molecular weight is 347 g/mol. The Balaban J connectivity index is 2.42. The summed E-state index contributed by atoms with van der Waals surface area (Å²) in [6, 6.07) is 1.90. The molecule has 2 rings (SSSR count). The van der Waals surface area contributed by atoms with E-state index in [0.717, 1.165) is 0 Å². The number of halogens is 3. The number of carbonyl (C=O) groups excluding carboxylic acids is 2. The maximum Gasteiger partial charge on any atom is 0.312 e. The summed E-state index contributed by atoms with van der Waals surface area (Å²) in [4.78, 5) is 27.1. The average Bonchev–Trinajstić information content (AvgIpc) is 2.47. The molecule has 0 saturated carbocycles. The van der Waals surface area contributed by atoms with Crippen LogP contribution in [0.15, 0.2) is 12.1 Å². The molecule has 0 spiro atoms. The number of piperazine rings is 1. The largest absolute Gasteiger partial charge is 0.333 e. The Bertz CT molecular complexity index is 624. The third-order valence-electron chi connectivity index (χ3n) is 4.13. The molecule has 1 aromatic carbocycles. The van der Waals surface area contributed by atoms with Crippen LogP contribution in [0.3, 0.4) is 0 Å². The van der Waals surface area contributed by atoms with Crippen LogP contribution in [-0.2, 0) is 15.5 Å². The van der Waals surface area contributed by atoms with Gasteiger partial charge in [0.15, 0.2) is 0 Å². The highest BCUT2D eigenvalue weighted by molar-refractivity contribution is 6.35. The number of alkyl halides is 1. The van der Waals surface area contributed by atoms with E-state index in [9.17, 15) is 14.0 Å². The third kappa shape index (κ3) is 2.92. The summed E-state index contributed by atoms with van der Waals surface area (Å²) in [6.45, 7) is 3.97. The van der Waals surface area contributed by atoms with E-state index in [1.54, 1.807) is 14.0 Å². The summed E-state index contributed by atoms with van der Waals surface area (Å²) in [5, 5.41) is 0.220. The Morgan fingerprint density at radius 2 is 2.00 bits per heavy atom. The van der Waals surface area contributed by atoms with Crippen LogP contribution >= 0.6 is 23.2 Å². The molecular formula is C15H17Cl2FN2O2. The molecule has 0 aliphatic carbocycles. The van der Waals surface area contributed by atoms with Crippen LogP contribution in [0.1, 0.15) is 31.0 Å². The lowest BCUT2D eigenvalue weighted by atomic mass is 9.99. The first-order valence-electron chi connectivity index (χ1n) is 6.89. The number of rotatable bonds is 3. The van der Waals surface area contributed by atoms with Crippen molar-refractivity contribution in [1.29, 1.82) is 0 Å². The zero-order valence-corrected chi connectivity index (χ0v) is 14.1. The van der Waals surface area contributed by atoms with Crippen LogP contribution in [0, 0.1) is 5.82 Å². The van der Waals surface area contributed by atoms with Crippen molar-refractivity contribution in [1.82, 2.24) is 9.80 Å². The lowest BCUT2D eigenvalue weighted by molar-refractivity contribution is -0.159. The van der Waals surface area contributed by atoms with Gasteiger partial charge in [-0.05, 0) is 37.1 Å². The summed E-state index contributed by atoms with van der Waals surface area (Å²) in [7, 11) is 1.59. The van der Waals surface area contributed by atoms with Gasteiger partial charge in [-0.1, -0.05) is 11.6 Å². The molecule has 120 valence electrons. The summed E-state index contributed by atoms with van der Waals surface area (Å²) >= 11 is 11.9. The van der Waals surface area contributed by atoms with Crippen molar-refractivity contribution in [3.63, 3.8) is 0 Å². The Morgan fingerprint density at radius 3 is 2.59 bits per heavy atom. The number of amides is 2. The summed E-state index contributed by atoms with van der Waals surface area (Å²) < 4.78 is 13.7. The molecule has 1 aliphatic rings. The fraction of sp³-hybridized carbons (Fsp3) is 0.467. The number of carbonyl (C=O) groups is 2. The number of nitrogens with zero attached hydrogens (tertiary/aromatic N) is 2. The molecule has 22 heavy (non-hydrogen) atoms. The SMILES string of the molecule is CC1CN([C@@H](C)c2cc(F)cc(Cl)c2CCl)C(=O)C(=O)N1C. The quantitative estimate of drug-likeness (QED) is 0.623. The fourth-order valence-electron chi connectivity index (χ4n) is 2.60. The van der Waals surface area contributed by atoms with E-state index in [1.165, 1.54) is 21.9 Å². The molecule has 1 heterocycles. The molecule has 0 aromatic heterocycles. The molecule has 1 unspecified atom stereocenters. The Labute approximate surface area is 138 Å². The van der Waals surface area contributed by atoms with E-state index in [2.05, 4.69) is 0 Å². The zero-order chi connectivity index (χ0) is 16.6. The van der Waals surface area contributed by atoms with E-state index in [0.29, 0.717) is 17.7 Å². The molecule has 0 bridgehead atoms. The standard InChI is InChI=1S/C15H17Cl2FN2O2/c1-8-7-20(15(22)14(21)19(8)3)9(2)11-4-10(18)5-13(17)12(11)6-16/h4-5,8-9H,6-7H2,1-3H3/t8?,9-/m0/s1. The molecule has 1 aromatic rings. The summed E-state index contributed by atoms with van der Waals surface area (Å²) in [5.74, 6) is -1.57. The summed E-state index contributed by atoms with van der Waals surface area (Å²) in [6.07, 6.45) is 0. The van der Waals surface area contributed by atoms with E-state index in [-0.39, 0.29) is 16.9 Å². The normalized spacial score (nSPS) is 20.5. The van der Waals surface area contributed by atoms with Gasteiger partial charge in [-0.15, -0.1) is 11.6 Å². The van der Waals surface area contributed by atoms with E-state index >= 15 is 0 Å². The van der Waals surface area contributed by atoms with Gasteiger partial charge in [0.25, 0.3) is 0 Å². The third-order valence-corrected chi connectivity index (χ3v) is 4.74. The first-order chi connectivity index (χ1) is 10.3. The second-order valence-corrected chi connectivity index (χ2v) is 6.16. The zero-order valence-electron chi connectivity index (χ0n) is 12.6. The van der Waals surface area contributed by atoms with Gasteiger partial charge in [-0.3, -0.25) is 9.59 Å². The van der Waals surface area contributed by atoms with Crippen molar-refractivity contribution >= 4 is 35.0 Å². The first-order valence-corrected chi connectivity index (χ1v) is 7.80. The van der Waals surface area contributed by atoms with E-state index in [1.807, 2.05) is 6.92 Å². The van der Waals surface area contributed by atoms with Gasteiger partial charge in [0.05, 0.1) is 6.04 Å². The molecule has 2 atom stereocenters. The monoisotopic (exact) mass is 346 g/mol. The first kappa shape index (κ1) is 17.0. The van der Waals surface area contributed by atoms with Gasteiger partial charge in [-0.25, -0.2) is 4.39 Å². The van der Waals surface area contributed by atoms with Crippen molar-refractivity contribution in [2.75, 3.05) is 13.6 Å². The predicted molar refractivity (Wildman–Crippen MR) is 83.3 cm³/mol. The van der Waals surface area contributed by atoms with Crippen LogP contribution in [-0.4, -0.2) is 41.2 Å². The predicted octanol–water partition coefficient (Wildman–Crippen LogP) is 2.97. The minimum Gasteiger partial charge on any atom is -0.333 e. The van der Waals surface area contributed by atoms with Crippen LogP contribution in [0.4, 0.5) is 4.39 Å². The van der Waals surface area contributed by atoms with Gasteiger partial charge in [0.2, 0.25) is 0 Å². The topological polar surface area (TPSA) is 40.6 Å². The second-order valence-electron chi connectivity index (χ2n) is 5.49. The van der Waals surface area contributed by atoms with Crippen molar-refractivity contribution in [2.24, 2.45) is 0 Å². The van der Waals surface area contributed by atoms with Crippen LogP contribution < -0.4 is 0 Å². The van der Waals surface area contributed by atoms with E-state index in [4.69, 9.17) is 23.2 Å². The molecule has 1 aliphatic heterocycles. The van der Waals surface area contributed by atoms with Crippen molar-refractivity contribution in [3.05, 3.63) is 34.1 Å². The maximum absolute atomic E-state index is 13.7. The number of likely N-dealkylation sites (N-methyl/N-ethyl adjacent to an activating group) is 1. The van der Waals surface area contributed by atoms with Gasteiger partial charge < -0.3 is 9.80 Å². The summed E-state index contributed by atoms with van der Waals surface area (Å²) in [5.41, 5.74) is 1.10.